The van der Waals surface area contributed by atoms with Crippen molar-refractivity contribution in [3.8, 4) is 5.75 Å². The number of benzene rings is 2. The number of rotatable bonds is 9. The molecule has 1 N–H and O–H groups in total. The van der Waals surface area contributed by atoms with Crippen molar-refractivity contribution in [1.82, 2.24) is 10.2 Å². The lowest BCUT2D eigenvalue weighted by Gasteiger charge is -2.29. The maximum Gasteiger partial charge on any atom is 0.261 e. The highest BCUT2D eigenvalue weighted by atomic mass is 35.5. The standard InChI is InChI=1S/C23H27ClN2O4/c1-17(23(28)25-14-21-8-5-13-29-21)26(15-18-9-11-19(24)12-10-18)22(27)16-30-20-6-3-2-4-7-20/h2-4,6-7,9-12,17,21H,5,8,13-16H2,1H3,(H,25,28)/t17-,21-/m0/s1. The van der Waals surface area contributed by atoms with Crippen molar-refractivity contribution in [1.29, 1.82) is 0 Å². The molecule has 0 saturated carbocycles. The minimum absolute atomic E-state index is 0.0444. The minimum Gasteiger partial charge on any atom is -0.484 e. The van der Waals surface area contributed by atoms with E-state index in [-0.39, 0.29) is 31.1 Å². The normalized spacial score (nSPS) is 16.7. The molecule has 0 spiro atoms. The molecule has 0 unspecified atom stereocenters. The molecule has 6 nitrogen and oxygen atoms in total. The van der Waals surface area contributed by atoms with E-state index in [1.165, 1.54) is 4.90 Å². The van der Waals surface area contributed by atoms with Crippen LogP contribution >= 0.6 is 11.6 Å². The van der Waals surface area contributed by atoms with E-state index in [2.05, 4.69) is 5.32 Å². The fourth-order valence-electron chi connectivity index (χ4n) is 3.28. The van der Waals surface area contributed by atoms with Crippen molar-refractivity contribution in [2.75, 3.05) is 19.8 Å². The van der Waals surface area contributed by atoms with Gasteiger partial charge in [-0.15, -0.1) is 0 Å². The summed E-state index contributed by atoms with van der Waals surface area (Å²) in [6.07, 6.45) is 1.99. The van der Waals surface area contributed by atoms with Gasteiger partial charge in [0.25, 0.3) is 5.91 Å². The van der Waals surface area contributed by atoms with Crippen LogP contribution in [0.15, 0.2) is 54.6 Å². The fourth-order valence-corrected chi connectivity index (χ4v) is 3.41. The molecule has 2 aromatic carbocycles. The number of ether oxygens (including phenoxy) is 2. The molecule has 0 radical (unpaired) electrons. The van der Waals surface area contributed by atoms with Crippen molar-refractivity contribution in [3.05, 3.63) is 65.2 Å². The Hall–Kier alpha value is -2.57. The van der Waals surface area contributed by atoms with E-state index in [4.69, 9.17) is 21.1 Å². The first kappa shape index (κ1) is 22.1. The first-order chi connectivity index (χ1) is 14.5. The molecule has 7 heteroatoms. The number of carbonyl (C=O) groups excluding carboxylic acids is 2. The minimum atomic E-state index is -0.658. The topological polar surface area (TPSA) is 67.9 Å². The maximum atomic E-state index is 13.0. The summed E-state index contributed by atoms with van der Waals surface area (Å²) in [6, 6.07) is 15.7. The Kier molecular flexibility index (Phi) is 8.11. The van der Waals surface area contributed by atoms with E-state index in [0.717, 1.165) is 25.0 Å². The van der Waals surface area contributed by atoms with Crippen molar-refractivity contribution >= 4 is 23.4 Å². The molecule has 0 aliphatic carbocycles. The van der Waals surface area contributed by atoms with Crippen LogP contribution in [0, 0.1) is 0 Å². The average Bonchev–Trinajstić information content (AvgIpc) is 3.29. The largest absolute Gasteiger partial charge is 0.484 e. The van der Waals surface area contributed by atoms with Crippen molar-refractivity contribution in [2.45, 2.75) is 38.5 Å². The molecule has 2 atom stereocenters. The van der Waals surface area contributed by atoms with Gasteiger partial charge in [-0.2, -0.15) is 0 Å². The number of nitrogens with zero attached hydrogens (tertiary/aromatic N) is 1. The molecule has 1 aliphatic rings. The SMILES string of the molecule is C[C@@H](C(=O)NC[C@@H]1CCCO1)N(Cc1ccc(Cl)cc1)C(=O)COc1ccccc1. The summed E-state index contributed by atoms with van der Waals surface area (Å²) in [6.45, 7) is 3.03. The summed E-state index contributed by atoms with van der Waals surface area (Å²) in [5, 5.41) is 3.53. The first-order valence-corrected chi connectivity index (χ1v) is 10.5. The van der Waals surface area contributed by atoms with Crippen LogP contribution in [0.4, 0.5) is 0 Å². The van der Waals surface area contributed by atoms with Crippen LogP contribution in [0.3, 0.4) is 0 Å². The zero-order valence-electron chi connectivity index (χ0n) is 17.1. The second-order valence-corrected chi connectivity index (χ2v) is 7.74. The Morgan fingerprint density at radius 1 is 1.20 bits per heavy atom. The van der Waals surface area contributed by atoms with E-state index in [1.807, 2.05) is 30.3 Å². The number of nitrogens with one attached hydrogen (secondary N) is 1. The summed E-state index contributed by atoms with van der Waals surface area (Å²) >= 11 is 5.97. The quantitative estimate of drug-likeness (QED) is 0.661. The van der Waals surface area contributed by atoms with Gasteiger partial charge in [0, 0.05) is 24.7 Å². The van der Waals surface area contributed by atoms with Gasteiger partial charge in [-0.1, -0.05) is 41.9 Å². The van der Waals surface area contributed by atoms with Crippen LogP contribution in [0.2, 0.25) is 5.02 Å². The lowest BCUT2D eigenvalue weighted by molar-refractivity contribution is -0.142. The fraction of sp³-hybridized carbons (Fsp3) is 0.391. The smallest absolute Gasteiger partial charge is 0.261 e. The zero-order chi connectivity index (χ0) is 21.3. The van der Waals surface area contributed by atoms with Gasteiger partial charge < -0.3 is 19.7 Å². The summed E-state index contributed by atoms with van der Waals surface area (Å²) in [5.74, 6) is 0.119. The lowest BCUT2D eigenvalue weighted by atomic mass is 10.1. The van der Waals surface area contributed by atoms with Gasteiger partial charge >= 0.3 is 0 Å². The highest BCUT2D eigenvalue weighted by Gasteiger charge is 2.27. The first-order valence-electron chi connectivity index (χ1n) is 10.1. The third-order valence-corrected chi connectivity index (χ3v) is 5.32. The average molecular weight is 431 g/mol. The van der Waals surface area contributed by atoms with Crippen LogP contribution in [0.5, 0.6) is 5.75 Å². The van der Waals surface area contributed by atoms with Crippen LogP contribution in [-0.2, 0) is 20.9 Å². The third kappa shape index (κ3) is 6.47. The van der Waals surface area contributed by atoms with Gasteiger partial charge in [-0.25, -0.2) is 0 Å². The molecule has 0 bridgehead atoms. The van der Waals surface area contributed by atoms with Crippen LogP contribution in [0.1, 0.15) is 25.3 Å². The molecule has 1 aliphatic heterocycles. The number of para-hydroxylation sites is 1. The molecule has 2 aromatic rings. The van der Waals surface area contributed by atoms with Crippen molar-refractivity contribution in [3.63, 3.8) is 0 Å². The number of carbonyl (C=O) groups is 2. The predicted molar refractivity (Wildman–Crippen MR) is 115 cm³/mol. The molecule has 3 rings (SSSR count). The van der Waals surface area contributed by atoms with Crippen molar-refractivity contribution in [2.24, 2.45) is 0 Å². The number of amides is 2. The summed E-state index contributed by atoms with van der Waals surface area (Å²) < 4.78 is 11.2. The Labute approximate surface area is 182 Å². The lowest BCUT2D eigenvalue weighted by Crippen LogP contribution is -2.50. The number of hydrogen-bond acceptors (Lipinski definition) is 4. The predicted octanol–water partition coefficient (Wildman–Crippen LogP) is 3.43. The highest BCUT2D eigenvalue weighted by Crippen LogP contribution is 2.15. The van der Waals surface area contributed by atoms with Gasteiger partial charge in [0.05, 0.1) is 6.10 Å². The number of hydrogen-bond donors (Lipinski definition) is 1. The van der Waals surface area contributed by atoms with Crippen LogP contribution in [-0.4, -0.2) is 48.6 Å². The zero-order valence-corrected chi connectivity index (χ0v) is 17.8. The summed E-state index contributed by atoms with van der Waals surface area (Å²) in [4.78, 5) is 27.2. The monoisotopic (exact) mass is 430 g/mol. The summed E-state index contributed by atoms with van der Waals surface area (Å²) in [5.41, 5.74) is 0.881. The van der Waals surface area contributed by atoms with E-state index >= 15 is 0 Å². The Balaban J connectivity index is 1.65. The highest BCUT2D eigenvalue weighted by molar-refractivity contribution is 6.30. The van der Waals surface area contributed by atoms with E-state index in [1.54, 1.807) is 31.2 Å². The molecular weight excluding hydrogens is 404 g/mol. The molecule has 2 amide bonds. The van der Waals surface area contributed by atoms with Crippen molar-refractivity contribution < 1.29 is 19.1 Å². The molecule has 1 fully saturated rings. The Morgan fingerprint density at radius 3 is 2.60 bits per heavy atom. The van der Waals surface area contributed by atoms with E-state index in [0.29, 0.717) is 17.3 Å². The van der Waals surface area contributed by atoms with Gasteiger partial charge in [-0.3, -0.25) is 9.59 Å². The number of halogens is 1. The van der Waals surface area contributed by atoms with E-state index < -0.39 is 6.04 Å². The second-order valence-electron chi connectivity index (χ2n) is 7.31. The van der Waals surface area contributed by atoms with E-state index in [9.17, 15) is 9.59 Å². The molecule has 0 aromatic heterocycles. The third-order valence-electron chi connectivity index (χ3n) is 5.07. The Bertz CT molecular complexity index is 823. The van der Waals surface area contributed by atoms with Gasteiger partial charge in [0.15, 0.2) is 6.61 Å². The second kappa shape index (κ2) is 11.0. The Morgan fingerprint density at radius 2 is 1.93 bits per heavy atom. The van der Waals surface area contributed by atoms with Gasteiger partial charge in [0.1, 0.15) is 11.8 Å². The molecule has 1 saturated heterocycles. The van der Waals surface area contributed by atoms with Crippen LogP contribution < -0.4 is 10.1 Å². The van der Waals surface area contributed by atoms with Crippen LogP contribution in [0.25, 0.3) is 0 Å². The maximum absolute atomic E-state index is 13.0. The molecule has 1 heterocycles. The summed E-state index contributed by atoms with van der Waals surface area (Å²) in [7, 11) is 0. The molecule has 160 valence electrons. The van der Waals surface area contributed by atoms with Gasteiger partial charge in [-0.05, 0) is 49.6 Å². The molecule has 30 heavy (non-hydrogen) atoms. The molecular formula is C23H27ClN2O4. The van der Waals surface area contributed by atoms with Gasteiger partial charge in [0.2, 0.25) is 5.91 Å².